The van der Waals surface area contributed by atoms with Crippen LogP contribution in [0.2, 0.25) is 0 Å². The number of nitro groups is 1. The van der Waals surface area contributed by atoms with Crippen LogP contribution in [0.15, 0.2) is 59.8 Å². The number of rotatable bonds is 4. The van der Waals surface area contributed by atoms with E-state index in [9.17, 15) is 10.1 Å². The molecule has 0 amide bonds. The van der Waals surface area contributed by atoms with E-state index in [0.717, 1.165) is 29.9 Å². The Bertz CT molecular complexity index is 783. The molecule has 2 atom stereocenters. The zero-order chi connectivity index (χ0) is 17.2. The standard InChI is InChI=1S/C19H19N3O3/c23-22(24)16-10-8-15(9-11-16)18-17(14-6-2-1-3-7-14)19(25-20-18)21-12-4-5-13-21/h1-3,6-11,17,19H,4-5,12-13H2. The van der Waals surface area contributed by atoms with Crippen molar-refractivity contribution >= 4 is 11.4 Å². The van der Waals surface area contributed by atoms with Gasteiger partial charge in [-0.2, -0.15) is 0 Å². The van der Waals surface area contributed by atoms with Gasteiger partial charge in [-0.25, -0.2) is 0 Å². The monoisotopic (exact) mass is 337 g/mol. The molecule has 2 aromatic carbocycles. The quantitative estimate of drug-likeness (QED) is 0.632. The van der Waals surface area contributed by atoms with Crippen molar-refractivity contribution in [3.8, 4) is 0 Å². The van der Waals surface area contributed by atoms with E-state index in [1.54, 1.807) is 12.1 Å². The molecule has 2 aromatic rings. The van der Waals surface area contributed by atoms with Gasteiger partial charge in [0, 0.05) is 30.8 Å². The minimum absolute atomic E-state index is 0.000700. The molecule has 0 aromatic heterocycles. The average molecular weight is 337 g/mol. The lowest BCUT2D eigenvalue weighted by Crippen LogP contribution is -2.38. The second-order valence-electron chi connectivity index (χ2n) is 6.41. The largest absolute Gasteiger partial charge is 0.375 e. The number of nitrogens with zero attached hydrogens (tertiary/aromatic N) is 3. The average Bonchev–Trinajstić information content (AvgIpc) is 3.32. The fraction of sp³-hybridized carbons (Fsp3) is 0.316. The predicted octanol–water partition coefficient (Wildman–Crippen LogP) is 3.53. The van der Waals surface area contributed by atoms with E-state index in [4.69, 9.17) is 4.84 Å². The van der Waals surface area contributed by atoms with Crippen LogP contribution in [-0.2, 0) is 4.84 Å². The summed E-state index contributed by atoms with van der Waals surface area (Å²) in [5.41, 5.74) is 2.92. The molecule has 0 saturated carbocycles. The first kappa shape index (κ1) is 15.8. The molecule has 25 heavy (non-hydrogen) atoms. The Morgan fingerprint density at radius 3 is 2.36 bits per heavy atom. The smallest absolute Gasteiger partial charge is 0.269 e. The minimum Gasteiger partial charge on any atom is -0.375 e. The molecule has 0 radical (unpaired) electrons. The number of nitro benzene ring substituents is 1. The van der Waals surface area contributed by atoms with Gasteiger partial charge in [0.2, 0.25) is 0 Å². The molecule has 0 bridgehead atoms. The molecule has 0 aliphatic carbocycles. The van der Waals surface area contributed by atoms with Gasteiger partial charge in [-0.05, 0) is 30.5 Å². The third kappa shape index (κ3) is 3.00. The lowest BCUT2D eigenvalue weighted by Gasteiger charge is -2.27. The van der Waals surface area contributed by atoms with Gasteiger partial charge < -0.3 is 4.84 Å². The maximum absolute atomic E-state index is 10.9. The zero-order valence-corrected chi connectivity index (χ0v) is 13.7. The molecule has 2 aliphatic rings. The lowest BCUT2D eigenvalue weighted by molar-refractivity contribution is -0.384. The summed E-state index contributed by atoms with van der Waals surface area (Å²) in [5, 5.41) is 15.3. The highest BCUT2D eigenvalue weighted by atomic mass is 16.7. The number of oxime groups is 1. The van der Waals surface area contributed by atoms with Crippen LogP contribution in [0, 0.1) is 10.1 Å². The van der Waals surface area contributed by atoms with Crippen LogP contribution in [0.25, 0.3) is 0 Å². The van der Waals surface area contributed by atoms with E-state index in [0.29, 0.717) is 0 Å². The van der Waals surface area contributed by atoms with Crippen LogP contribution in [0.1, 0.15) is 29.9 Å². The fourth-order valence-electron chi connectivity index (χ4n) is 3.61. The molecular formula is C19H19N3O3. The topological polar surface area (TPSA) is 68.0 Å². The molecular weight excluding hydrogens is 318 g/mol. The van der Waals surface area contributed by atoms with E-state index in [1.165, 1.54) is 25.0 Å². The van der Waals surface area contributed by atoms with E-state index in [1.807, 2.05) is 18.2 Å². The van der Waals surface area contributed by atoms with Gasteiger partial charge in [-0.15, -0.1) is 0 Å². The van der Waals surface area contributed by atoms with Crippen LogP contribution in [0.5, 0.6) is 0 Å². The third-order valence-corrected chi connectivity index (χ3v) is 4.87. The highest BCUT2D eigenvalue weighted by molar-refractivity contribution is 6.06. The predicted molar refractivity (Wildman–Crippen MR) is 94.5 cm³/mol. The molecule has 2 heterocycles. The summed E-state index contributed by atoms with van der Waals surface area (Å²) in [5.74, 6) is 0.000700. The first-order chi connectivity index (χ1) is 12.2. The minimum atomic E-state index is -0.390. The van der Waals surface area contributed by atoms with Crippen molar-refractivity contribution in [1.82, 2.24) is 4.90 Å². The van der Waals surface area contributed by atoms with Crippen LogP contribution < -0.4 is 0 Å². The summed E-state index contributed by atoms with van der Waals surface area (Å²) in [6, 6.07) is 16.7. The van der Waals surface area contributed by atoms with Crippen molar-refractivity contribution < 1.29 is 9.76 Å². The number of non-ortho nitro benzene ring substituents is 1. The third-order valence-electron chi connectivity index (χ3n) is 4.87. The lowest BCUT2D eigenvalue weighted by atomic mass is 9.88. The van der Waals surface area contributed by atoms with Gasteiger partial charge in [-0.3, -0.25) is 15.0 Å². The van der Waals surface area contributed by atoms with E-state index in [2.05, 4.69) is 22.2 Å². The van der Waals surface area contributed by atoms with Crippen LogP contribution in [0.3, 0.4) is 0 Å². The Balaban J connectivity index is 1.69. The van der Waals surface area contributed by atoms with E-state index in [-0.39, 0.29) is 17.8 Å². The van der Waals surface area contributed by atoms with Gasteiger partial charge >= 0.3 is 0 Å². The van der Waals surface area contributed by atoms with Gasteiger partial charge in [0.25, 0.3) is 5.69 Å². The highest BCUT2D eigenvalue weighted by Gasteiger charge is 2.40. The number of hydrogen-bond acceptors (Lipinski definition) is 5. The molecule has 1 fully saturated rings. The van der Waals surface area contributed by atoms with E-state index >= 15 is 0 Å². The number of likely N-dealkylation sites (tertiary alicyclic amines) is 1. The van der Waals surface area contributed by atoms with Crippen molar-refractivity contribution in [2.75, 3.05) is 13.1 Å². The van der Waals surface area contributed by atoms with E-state index < -0.39 is 4.92 Å². The van der Waals surface area contributed by atoms with Crippen LogP contribution in [-0.4, -0.2) is 34.9 Å². The summed E-state index contributed by atoms with van der Waals surface area (Å²) in [4.78, 5) is 18.7. The SMILES string of the molecule is O=[N+]([O-])c1ccc(C2=NOC(N3CCCC3)C2c2ccccc2)cc1. The Hall–Kier alpha value is -2.73. The Morgan fingerprint density at radius 2 is 1.72 bits per heavy atom. The summed E-state index contributed by atoms with van der Waals surface area (Å²) >= 11 is 0. The summed E-state index contributed by atoms with van der Waals surface area (Å²) in [6.45, 7) is 2.02. The number of hydrogen-bond donors (Lipinski definition) is 0. The molecule has 4 rings (SSSR count). The molecule has 1 saturated heterocycles. The molecule has 6 nitrogen and oxygen atoms in total. The summed E-state index contributed by atoms with van der Waals surface area (Å²) < 4.78 is 0. The first-order valence-corrected chi connectivity index (χ1v) is 8.51. The fourth-order valence-corrected chi connectivity index (χ4v) is 3.61. The van der Waals surface area contributed by atoms with Crippen molar-refractivity contribution in [1.29, 1.82) is 0 Å². The van der Waals surface area contributed by atoms with Gasteiger partial charge in [0.05, 0.1) is 16.6 Å². The zero-order valence-electron chi connectivity index (χ0n) is 13.7. The maximum Gasteiger partial charge on any atom is 0.269 e. The second kappa shape index (κ2) is 6.64. The molecule has 0 N–H and O–H groups in total. The van der Waals surface area contributed by atoms with Crippen molar-refractivity contribution in [3.05, 3.63) is 75.8 Å². The summed E-state index contributed by atoms with van der Waals surface area (Å²) in [7, 11) is 0. The highest BCUT2D eigenvalue weighted by Crippen LogP contribution is 2.35. The Labute approximate surface area is 145 Å². The van der Waals surface area contributed by atoms with Crippen molar-refractivity contribution in [3.63, 3.8) is 0 Å². The normalized spacial score (nSPS) is 23.3. The Kier molecular flexibility index (Phi) is 4.19. The maximum atomic E-state index is 10.9. The molecule has 0 spiro atoms. The van der Waals surface area contributed by atoms with Crippen LogP contribution in [0.4, 0.5) is 5.69 Å². The Morgan fingerprint density at radius 1 is 1.04 bits per heavy atom. The number of benzene rings is 2. The first-order valence-electron chi connectivity index (χ1n) is 8.51. The molecule has 6 heteroatoms. The van der Waals surface area contributed by atoms with Gasteiger partial charge in [0.15, 0.2) is 6.23 Å². The van der Waals surface area contributed by atoms with Crippen molar-refractivity contribution in [2.24, 2.45) is 5.16 Å². The second-order valence-corrected chi connectivity index (χ2v) is 6.41. The van der Waals surface area contributed by atoms with Crippen molar-refractivity contribution in [2.45, 2.75) is 25.0 Å². The van der Waals surface area contributed by atoms with Crippen LogP contribution >= 0.6 is 0 Å². The van der Waals surface area contributed by atoms with Gasteiger partial charge in [0.1, 0.15) is 0 Å². The summed E-state index contributed by atoms with van der Waals surface area (Å²) in [6.07, 6.45) is 2.23. The molecule has 2 aliphatic heterocycles. The van der Waals surface area contributed by atoms with Gasteiger partial charge in [-0.1, -0.05) is 35.5 Å². The molecule has 2 unspecified atom stereocenters. The molecule has 128 valence electrons.